The van der Waals surface area contributed by atoms with Gasteiger partial charge in [-0.05, 0) is 58.4 Å². The molecule has 1 atom stereocenters. The minimum absolute atomic E-state index is 0.0365. The Morgan fingerprint density at radius 2 is 1.97 bits per heavy atom. The third kappa shape index (κ3) is 5.27. The highest BCUT2D eigenvalue weighted by Crippen LogP contribution is 2.28. The molecule has 152 valence electrons. The number of amides is 2. The summed E-state index contributed by atoms with van der Waals surface area (Å²) in [5.41, 5.74) is 1.16. The average molecular weight is 482 g/mol. The van der Waals surface area contributed by atoms with E-state index in [9.17, 15) is 14.4 Å². The standard InChI is InChI=1S/C20H18BrClN2O5/c1-28-15-5-3-14(4-6-15)24-10-12(8-19(24)26)20(27)29-11-18(25)23-13-2-7-16(21)17(22)9-13/h2-7,9,12H,8,10-11H2,1H3,(H,23,25)/t12-/m1/s1. The van der Waals surface area contributed by atoms with E-state index in [0.717, 1.165) is 0 Å². The lowest BCUT2D eigenvalue weighted by Crippen LogP contribution is -2.28. The van der Waals surface area contributed by atoms with Crippen LogP contribution in [0.3, 0.4) is 0 Å². The first-order valence-electron chi connectivity index (χ1n) is 8.73. The van der Waals surface area contributed by atoms with E-state index in [4.69, 9.17) is 21.1 Å². The van der Waals surface area contributed by atoms with Gasteiger partial charge in [0.1, 0.15) is 5.75 Å². The van der Waals surface area contributed by atoms with Gasteiger partial charge in [0.2, 0.25) is 5.91 Å². The van der Waals surface area contributed by atoms with Crippen molar-refractivity contribution in [2.24, 2.45) is 5.92 Å². The highest BCUT2D eigenvalue weighted by Gasteiger charge is 2.36. The van der Waals surface area contributed by atoms with Gasteiger partial charge in [-0.15, -0.1) is 0 Å². The molecule has 1 aliphatic rings. The molecule has 0 saturated carbocycles. The molecule has 0 aromatic heterocycles. The maximum Gasteiger partial charge on any atom is 0.311 e. The lowest BCUT2D eigenvalue weighted by atomic mass is 10.1. The van der Waals surface area contributed by atoms with Crippen molar-refractivity contribution >= 4 is 56.7 Å². The third-order valence-electron chi connectivity index (χ3n) is 4.39. The fourth-order valence-corrected chi connectivity index (χ4v) is 3.33. The first-order chi connectivity index (χ1) is 13.9. The molecule has 7 nitrogen and oxygen atoms in total. The molecule has 2 aromatic carbocycles. The summed E-state index contributed by atoms with van der Waals surface area (Å²) in [6.45, 7) is -0.242. The van der Waals surface area contributed by atoms with Crippen LogP contribution in [0, 0.1) is 5.92 Å². The lowest BCUT2D eigenvalue weighted by Gasteiger charge is -2.17. The quantitative estimate of drug-likeness (QED) is 0.637. The zero-order chi connectivity index (χ0) is 21.0. The maximum atomic E-state index is 12.3. The molecule has 2 aromatic rings. The highest BCUT2D eigenvalue weighted by atomic mass is 79.9. The van der Waals surface area contributed by atoms with E-state index in [1.54, 1.807) is 49.6 Å². The molecule has 1 fully saturated rings. The first kappa shape index (κ1) is 21.1. The third-order valence-corrected chi connectivity index (χ3v) is 5.62. The van der Waals surface area contributed by atoms with Crippen LogP contribution >= 0.6 is 27.5 Å². The number of hydrogen-bond acceptors (Lipinski definition) is 5. The van der Waals surface area contributed by atoms with Crippen LogP contribution in [0.25, 0.3) is 0 Å². The van der Waals surface area contributed by atoms with Gasteiger partial charge >= 0.3 is 5.97 Å². The summed E-state index contributed by atoms with van der Waals surface area (Å²) >= 11 is 9.24. The molecule has 0 unspecified atom stereocenters. The number of benzene rings is 2. The smallest absolute Gasteiger partial charge is 0.311 e. The number of carbonyl (C=O) groups excluding carboxylic acids is 3. The number of carbonyl (C=O) groups is 3. The second-order valence-electron chi connectivity index (χ2n) is 6.39. The fourth-order valence-electron chi connectivity index (χ4n) is 2.90. The van der Waals surface area contributed by atoms with Gasteiger partial charge in [-0.3, -0.25) is 14.4 Å². The minimum Gasteiger partial charge on any atom is -0.497 e. The van der Waals surface area contributed by atoms with Crippen LogP contribution in [0.5, 0.6) is 5.75 Å². The molecule has 1 N–H and O–H groups in total. The predicted octanol–water partition coefficient (Wildman–Crippen LogP) is 3.65. The highest BCUT2D eigenvalue weighted by molar-refractivity contribution is 9.10. The molecule has 0 radical (unpaired) electrons. The van der Waals surface area contributed by atoms with E-state index < -0.39 is 24.4 Å². The van der Waals surface area contributed by atoms with E-state index in [0.29, 0.717) is 26.6 Å². The summed E-state index contributed by atoms with van der Waals surface area (Å²) in [5.74, 6) is -1.20. The maximum absolute atomic E-state index is 12.3. The number of esters is 1. The number of anilines is 2. The van der Waals surface area contributed by atoms with Crippen LogP contribution in [0.4, 0.5) is 11.4 Å². The summed E-state index contributed by atoms with van der Waals surface area (Å²) < 4.78 is 10.9. The zero-order valence-electron chi connectivity index (χ0n) is 15.5. The predicted molar refractivity (Wildman–Crippen MR) is 112 cm³/mol. The van der Waals surface area contributed by atoms with Crippen molar-refractivity contribution < 1.29 is 23.9 Å². The van der Waals surface area contributed by atoms with Crippen LogP contribution < -0.4 is 15.0 Å². The topological polar surface area (TPSA) is 84.9 Å². The van der Waals surface area contributed by atoms with E-state index in [1.165, 1.54) is 4.90 Å². The second-order valence-corrected chi connectivity index (χ2v) is 7.65. The number of nitrogens with zero attached hydrogens (tertiary/aromatic N) is 1. The van der Waals surface area contributed by atoms with Crippen molar-refractivity contribution in [1.29, 1.82) is 0 Å². The van der Waals surface area contributed by atoms with Gasteiger partial charge in [0.15, 0.2) is 6.61 Å². The lowest BCUT2D eigenvalue weighted by molar-refractivity contribution is -0.151. The SMILES string of the molecule is COc1ccc(N2C[C@H](C(=O)OCC(=O)Nc3ccc(Br)c(Cl)c3)CC2=O)cc1. The molecular weight excluding hydrogens is 464 g/mol. The molecule has 29 heavy (non-hydrogen) atoms. The molecule has 0 bridgehead atoms. The van der Waals surface area contributed by atoms with Crippen LogP contribution in [0.2, 0.25) is 5.02 Å². The van der Waals surface area contributed by atoms with Crippen LogP contribution in [0.1, 0.15) is 6.42 Å². The Hall–Kier alpha value is -2.58. The molecule has 0 spiro atoms. The Morgan fingerprint density at radius 1 is 1.24 bits per heavy atom. The van der Waals surface area contributed by atoms with Gasteiger partial charge in [0, 0.05) is 28.8 Å². The van der Waals surface area contributed by atoms with E-state index in [2.05, 4.69) is 21.2 Å². The summed E-state index contributed by atoms with van der Waals surface area (Å²) in [5, 5.41) is 3.05. The summed E-state index contributed by atoms with van der Waals surface area (Å²) in [4.78, 5) is 38.1. The molecule has 9 heteroatoms. The average Bonchev–Trinajstić information content (AvgIpc) is 3.11. The Kier molecular flexibility index (Phi) is 6.76. The number of hydrogen-bond donors (Lipinski definition) is 1. The first-order valence-corrected chi connectivity index (χ1v) is 9.90. The van der Waals surface area contributed by atoms with Crippen molar-refractivity contribution in [3.05, 3.63) is 52.0 Å². The molecule has 1 saturated heterocycles. The number of nitrogens with one attached hydrogen (secondary N) is 1. The monoisotopic (exact) mass is 480 g/mol. The number of rotatable bonds is 6. The van der Waals surface area contributed by atoms with Gasteiger partial charge in [0.05, 0.1) is 18.1 Å². The van der Waals surface area contributed by atoms with Gasteiger partial charge in [-0.2, -0.15) is 0 Å². The van der Waals surface area contributed by atoms with Crippen molar-refractivity contribution in [2.75, 3.05) is 30.5 Å². The van der Waals surface area contributed by atoms with E-state index >= 15 is 0 Å². The Bertz CT molecular complexity index is 935. The van der Waals surface area contributed by atoms with Crippen molar-refractivity contribution in [3.63, 3.8) is 0 Å². The Morgan fingerprint density at radius 3 is 2.62 bits per heavy atom. The number of methoxy groups -OCH3 is 1. The fraction of sp³-hybridized carbons (Fsp3) is 0.250. The molecule has 1 aliphatic heterocycles. The largest absolute Gasteiger partial charge is 0.497 e. The van der Waals surface area contributed by atoms with Crippen LogP contribution in [0.15, 0.2) is 46.9 Å². The van der Waals surface area contributed by atoms with Gasteiger partial charge < -0.3 is 19.7 Å². The number of halogens is 2. The van der Waals surface area contributed by atoms with Gasteiger partial charge in [-0.1, -0.05) is 11.6 Å². The Balaban J connectivity index is 1.52. The molecule has 3 rings (SSSR count). The van der Waals surface area contributed by atoms with Crippen molar-refractivity contribution in [2.45, 2.75) is 6.42 Å². The molecule has 1 heterocycles. The molecule has 0 aliphatic carbocycles. The molecular formula is C20H18BrClN2O5. The number of ether oxygens (including phenoxy) is 2. The second kappa shape index (κ2) is 9.28. The van der Waals surface area contributed by atoms with Crippen molar-refractivity contribution in [1.82, 2.24) is 0 Å². The summed E-state index contributed by atoms with van der Waals surface area (Å²) in [7, 11) is 1.56. The van der Waals surface area contributed by atoms with Gasteiger partial charge in [0.25, 0.3) is 5.91 Å². The minimum atomic E-state index is -0.625. The summed E-state index contributed by atoms with van der Waals surface area (Å²) in [6, 6.07) is 11.9. The van der Waals surface area contributed by atoms with Crippen molar-refractivity contribution in [3.8, 4) is 5.75 Å². The Labute approximate surface area is 181 Å². The zero-order valence-corrected chi connectivity index (χ0v) is 17.8. The molecule has 2 amide bonds. The van der Waals surface area contributed by atoms with E-state index in [1.807, 2.05) is 0 Å². The van der Waals surface area contributed by atoms with E-state index in [-0.39, 0.29) is 18.9 Å². The van der Waals surface area contributed by atoms with Crippen LogP contribution in [-0.2, 0) is 19.1 Å². The van der Waals surface area contributed by atoms with Crippen LogP contribution in [-0.4, -0.2) is 38.0 Å². The van der Waals surface area contributed by atoms with Gasteiger partial charge in [-0.25, -0.2) is 0 Å². The normalized spacial score (nSPS) is 15.9. The summed E-state index contributed by atoms with van der Waals surface area (Å²) in [6.07, 6.45) is 0.0365.